The number of carbonyl (C=O) groups is 2. The summed E-state index contributed by atoms with van der Waals surface area (Å²) in [6.45, 7) is 9.29. The van der Waals surface area contributed by atoms with Crippen LogP contribution in [0.15, 0.2) is 0 Å². The molecular weight excluding hydrogens is 262 g/mol. The molecule has 1 amide bonds. The number of carboxylic acids is 1. The zero-order chi connectivity index (χ0) is 15.6. The van der Waals surface area contributed by atoms with Gasteiger partial charge < -0.3 is 19.9 Å². The summed E-state index contributed by atoms with van der Waals surface area (Å²) in [5, 5.41) is 12.1. The second-order valence-corrected chi connectivity index (χ2v) is 6.45. The molecule has 2 N–H and O–H groups in total. The van der Waals surface area contributed by atoms with Crippen LogP contribution in [0.5, 0.6) is 0 Å². The van der Waals surface area contributed by atoms with E-state index < -0.39 is 29.2 Å². The molecular formula is C14H25NO5. The van der Waals surface area contributed by atoms with Crippen molar-refractivity contribution in [3.05, 3.63) is 0 Å². The third kappa shape index (κ3) is 4.10. The van der Waals surface area contributed by atoms with E-state index in [4.69, 9.17) is 9.47 Å². The van der Waals surface area contributed by atoms with Crippen molar-refractivity contribution in [1.29, 1.82) is 0 Å². The van der Waals surface area contributed by atoms with Crippen LogP contribution in [-0.4, -0.2) is 41.5 Å². The molecule has 20 heavy (non-hydrogen) atoms. The molecule has 1 aliphatic rings. The Labute approximate surface area is 119 Å². The number of hydrogen-bond acceptors (Lipinski definition) is 4. The molecule has 6 nitrogen and oxygen atoms in total. The highest BCUT2D eigenvalue weighted by Crippen LogP contribution is 2.40. The zero-order valence-corrected chi connectivity index (χ0v) is 12.9. The van der Waals surface area contributed by atoms with Crippen molar-refractivity contribution in [1.82, 2.24) is 5.32 Å². The quantitative estimate of drug-likeness (QED) is 0.827. The Morgan fingerprint density at radius 2 is 2.00 bits per heavy atom. The standard InChI is InChI=1S/C14H25NO5/c1-6-19-10-7-9(8-14(10,5)11(16)17)15-12(18)20-13(2,3)4/h9-10H,6-8H2,1-5H3,(H,15,18)(H,16,17). The Hall–Kier alpha value is -1.30. The van der Waals surface area contributed by atoms with Crippen LogP contribution in [0.1, 0.15) is 47.5 Å². The van der Waals surface area contributed by atoms with Crippen LogP contribution in [0.4, 0.5) is 4.79 Å². The van der Waals surface area contributed by atoms with Gasteiger partial charge in [0.2, 0.25) is 0 Å². The number of aliphatic carboxylic acids is 1. The summed E-state index contributed by atoms with van der Waals surface area (Å²) in [4.78, 5) is 23.2. The summed E-state index contributed by atoms with van der Waals surface area (Å²) in [7, 11) is 0. The van der Waals surface area contributed by atoms with Gasteiger partial charge in [0.25, 0.3) is 0 Å². The summed E-state index contributed by atoms with van der Waals surface area (Å²) in [5.74, 6) is -0.899. The molecule has 6 heteroatoms. The van der Waals surface area contributed by atoms with Crippen LogP contribution in [0, 0.1) is 5.41 Å². The second-order valence-electron chi connectivity index (χ2n) is 6.45. The summed E-state index contributed by atoms with van der Waals surface area (Å²) >= 11 is 0. The first-order valence-electron chi connectivity index (χ1n) is 6.93. The molecule has 1 aliphatic carbocycles. The van der Waals surface area contributed by atoms with E-state index in [1.807, 2.05) is 6.92 Å². The highest BCUT2D eigenvalue weighted by Gasteiger charge is 2.50. The molecule has 0 spiro atoms. The molecule has 0 bridgehead atoms. The fourth-order valence-electron chi connectivity index (χ4n) is 2.51. The number of nitrogens with one attached hydrogen (secondary N) is 1. The van der Waals surface area contributed by atoms with Gasteiger partial charge in [-0.1, -0.05) is 0 Å². The highest BCUT2D eigenvalue weighted by molar-refractivity contribution is 5.76. The van der Waals surface area contributed by atoms with Crippen molar-refractivity contribution in [2.45, 2.75) is 65.2 Å². The van der Waals surface area contributed by atoms with Gasteiger partial charge in [0, 0.05) is 12.6 Å². The number of carboxylic acid groups (broad SMARTS) is 1. The fraction of sp³-hybridized carbons (Fsp3) is 0.857. The van der Waals surface area contributed by atoms with Gasteiger partial charge >= 0.3 is 12.1 Å². The van der Waals surface area contributed by atoms with E-state index >= 15 is 0 Å². The number of ether oxygens (including phenoxy) is 2. The number of amides is 1. The highest BCUT2D eigenvalue weighted by atomic mass is 16.6. The van der Waals surface area contributed by atoms with E-state index in [0.717, 1.165) is 0 Å². The topological polar surface area (TPSA) is 84.9 Å². The average molecular weight is 287 g/mol. The van der Waals surface area contributed by atoms with Crippen molar-refractivity contribution in [3.8, 4) is 0 Å². The monoisotopic (exact) mass is 287 g/mol. The lowest BCUT2D eigenvalue weighted by Crippen LogP contribution is -2.39. The van der Waals surface area contributed by atoms with E-state index in [1.54, 1.807) is 27.7 Å². The Morgan fingerprint density at radius 3 is 2.45 bits per heavy atom. The Balaban J connectivity index is 2.67. The molecule has 0 aromatic carbocycles. The fourth-order valence-corrected chi connectivity index (χ4v) is 2.51. The summed E-state index contributed by atoms with van der Waals surface area (Å²) < 4.78 is 10.7. The molecule has 0 aromatic heterocycles. The van der Waals surface area contributed by atoms with Crippen molar-refractivity contribution in [3.63, 3.8) is 0 Å². The molecule has 0 heterocycles. The van der Waals surface area contributed by atoms with Crippen LogP contribution < -0.4 is 5.32 Å². The summed E-state index contributed by atoms with van der Waals surface area (Å²) in [5.41, 5.74) is -1.55. The third-order valence-corrected chi connectivity index (χ3v) is 3.46. The Morgan fingerprint density at radius 1 is 1.40 bits per heavy atom. The minimum Gasteiger partial charge on any atom is -0.481 e. The Kier molecular flexibility index (Phi) is 5.02. The number of rotatable bonds is 4. The van der Waals surface area contributed by atoms with Gasteiger partial charge in [-0.3, -0.25) is 4.79 Å². The molecule has 0 radical (unpaired) electrons. The zero-order valence-electron chi connectivity index (χ0n) is 12.9. The van der Waals surface area contributed by atoms with Crippen molar-refractivity contribution in [2.24, 2.45) is 5.41 Å². The van der Waals surface area contributed by atoms with Gasteiger partial charge in [0.15, 0.2) is 0 Å². The summed E-state index contributed by atoms with van der Waals surface area (Å²) in [6, 6.07) is -0.248. The van der Waals surface area contributed by atoms with E-state index in [2.05, 4.69) is 5.32 Å². The maximum atomic E-state index is 11.7. The maximum absolute atomic E-state index is 11.7. The molecule has 116 valence electrons. The Bertz CT molecular complexity index is 376. The van der Waals surface area contributed by atoms with Gasteiger partial charge in [0.1, 0.15) is 5.60 Å². The molecule has 1 rings (SSSR count). The smallest absolute Gasteiger partial charge is 0.407 e. The third-order valence-electron chi connectivity index (χ3n) is 3.46. The summed E-state index contributed by atoms with van der Waals surface area (Å²) in [6.07, 6.45) is -0.0976. The van der Waals surface area contributed by atoms with Crippen molar-refractivity contribution >= 4 is 12.1 Å². The maximum Gasteiger partial charge on any atom is 0.407 e. The number of carbonyl (C=O) groups excluding carboxylic acids is 1. The minimum atomic E-state index is -0.976. The van der Waals surface area contributed by atoms with Gasteiger partial charge in [-0.15, -0.1) is 0 Å². The number of hydrogen-bond donors (Lipinski definition) is 2. The molecule has 0 aromatic rings. The first-order valence-corrected chi connectivity index (χ1v) is 6.93. The lowest BCUT2D eigenvalue weighted by atomic mass is 9.86. The first-order chi connectivity index (χ1) is 9.08. The second kappa shape index (κ2) is 5.99. The van der Waals surface area contributed by atoms with E-state index in [1.165, 1.54) is 0 Å². The SMILES string of the molecule is CCOC1CC(NC(=O)OC(C)(C)C)CC1(C)C(=O)O. The van der Waals surface area contributed by atoms with Crippen LogP contribution in [0.3, 0.4) is 0 Å². The van der Waals surface area contributed by atoms with Crippen LogP contribution in [0.2, 0.25) is 0 Å². The van der Waals surface area contributed by atoms with E-state index in [-0.39, 0.29) is 6.04 Å². The van der Waals surface area contributed by atoms with Crippen LogP contribution >= 0.6 is 0 Å². The lowest BCUT2D eigenvalue weighted by Gasteiger charge is -2.26. The van der Waals surface area contributed by atoms with Crippen LogP contribution in [0.25, 0.3) is 0 Å². The van der Waals surface area contributed by atoms with Gasteiger partial charge in [0.05, 0.1) is 11.5 Å². The molecule has 3 unspecified atom stereocenters. The van der Waals surface area contributed by atoms with E-state index in [9.17, 15) is 14.7 Å². The molecule has 1 saturated carbocycles. The largest absolute Gasteiger partial charge is 0.481 e. The molecule has 1 fully saturated rings. The van der Waals surface area contributed by atoms with Gasteiger partial charge in [-0.2, -0.15) is 0 Å². The molecule has 0 saturated heterocycles. The molecule has 0 aliphatic heterocycles. The predicted octanol–water partition coefficient (Wildman–Crippen LogP) is 2.17. The first kappa shape index (κ1) is 16.8. The van der Waals surface area contributed by atoms with E-state index in [0.29, 0.717) is 19.4 Å². The lowest BCUT2D eigenvalue weighted by molar-refractivity contribution is -0.155. The van der Waals surface area contributed by atoms with Crippen molar-refractivity contribution in [2.75, 3.05) is 6.61 Å². The van der Waals surface area contributed by atoms with Crippen molar-refractivity contribution < 1.29 is 24.2 Å². The van der Waals surface area contributed by atoms with Gasteiger partial charge in [-0.05, 0) is 47.5 Å². The molecule has 3 atom stereocenters. The average Bonchev–Trinajstić information content (AvgIpc) is 2.54. The minimum absolute atomic E-state index is 0.248. The predicted molar refractivity (Wildman–Crippen MR) is 73.5 cm³/mol. The van der Waals surface area contributed by atoms with Crippen LogP contribution in [-0.2, 0) is 14.3 Å². The van der Waals surface area contributed by atoms with Gasteiger partial charge in [-0.25, -0.2) is 4.79 Å². The number of alkyl carbamates (subject to hydrolysis) is 1. The normalized spacial score (nSPS) is 30.1.